The number of aromatic amines is 1. The van der Waals surface area contributed by atoms with E-state index in [1.54, 1.807) is 18.9 Å². The zero-order valence-corrected chi connectivity index (χ0v) is 18.7. The van der Waals surface area contributed by atoms with Crippen LogP contribution in [-0.2, 0) is 6.54 Å². The maximum atomic E-state index is 6.11. The predicted octanol–water partition coefficient (Wildman–Crippen LogP) is 3.95. The fourth-order valence-corrected chi connectivity index (χ4v) is 4.48. The van der Waals surface area contributed by atoms with Gasteiger partial charge in [0.25, 0.3) is 0 Å². The van der Waals surface area contributed by atoms with Crippen LogP contribution in [0.2, 0.25) is 0 Å². The standard InChI is InChI=1S/C22H27N7OS/c1-14(2)25-8-4-10-29-21-19(20(23)26-13-27-21)28-22(29)31-18-11-16(30-3)5-6-17(18)15-7-9-24-12-15/h5-7,9,11-14,24-25H,4,8,10H2,1-3H3,(H2,23,26,27). The molecule has 0 saturated heterocycles. The van der Waals surface area contributed by atoms with Gasteiger partial charge in [-0.15, -0.1) is 0 Å². The lowest BCUT2D eigenvalue weighted by Crippen LogP contribution is -2.24. The van der Waals surface area contributed by atoms with Gasteiger partial charge in [-0.2, -0.15) is 0 Å². The fraction of sp³-hybridized carbons (Fsp3) is 0.318. The second-order valence-corrected chi connectivity index (χ2v) is 8.51. The molecule has 0 amide bonds. The van der Waals surface area contributed by atoms with Crippen LogP contribution in [0.25, 0.3) is 22.3 Å². The third-order valence-corrected chi connectivity index (χ3v) is 5.99. The molecule has 4 rings (SSSR count). The Morgan fingerprint density at radius 1 is 1.26 bits per heavy atom. The van der Waals surface area contributed by atoms with Gasteiger partial charge in [0.1, 0.15) is 12.1 Å². The van der Waals surface area contributed by atoms with E-state index in [-0.39, 0.29) is 0 Å². The Labute approximate surface area is 185 Å². The molecule has 0 saturated carbocycles. The predicted molar refractivity (Wildman–Crippen MR) is 124 cm³/mol. The summed E-state index contributed by atoms with van der Waals surface area (Å²) in [6.07, 6.45) is 6.34. The summed E-state index contributed by atoms with van der Waals surface area (Å²) < 4.78 is 7.60. The first kappa shape index (κ1) is 21.2. The highest BCUT2D eigenvalue weighted by molar-refractivity contribution is 7.99. The molecule has 8 nitrogen and oxygen atoms in total. The summed E-state index contributed by atoms with van der Waals surface area (Å²) in [5.74, 6) is 1.19. The summed E-state index contributed by atoms with van der Waals surface area (Å²) in [6.45, 7) is 5.98. The lowest BCUT2D eigenvalue weighted by atomic mass is 10.1. The van der Waals surface area contributed by atoms with E-state index < -0.39 is 0 Å². The van der Waals surface area contributed by atoms with Gasteiger partial charge < -0.3 is 25.3 Å². The number of nitrogens with zero attached hydrogens (tertiary/aromatic N) is 4. The van der Waals surface area contributed by atoms with E-state index in [0.29, 0.717) is 17.4 Å². The van der Waals surface area contributed by atoms with Gasteiger partial charge in [0.15, 0.2) is 22.1 Å². The van der Waals surface area contributed by atoms with Crippen LogP contribution >= 0.6 is 11.8 Å². The minimum atomic E-state index is 0.391. The number of H-pyrrole nitrogens is 1. The van der Waals surface area contributed by atoms with Crippen molar-refractivity contribution in [2.45, 2.75) is 42.9 Å². The molecular formula is C22H27N7OS. The Kier molecular flexibility index (Phi) is 6.43. The molecule has 162 valence electrons. The van der Waals surface area contributed by atoms with Gasteiger partial charge in [-0.25, -0.2) is 15.0 Å². The molecular weight excluding hydrogens is 410 g/mol. The number of nitrogen functional groups attached to an aromatic ring is 1. The number of imidazole rings is 1. The number of anilines is 1. The van der Waals surface area contributed by atoms with E-state index in [1.165, 1.54) is 6.33 Å². The van der Waals surface area contributed by atoms with Crippen molar-refractivity contribution in [3.05, 3.63) is 43.0 Å². The summed E-state index contributed by atoms with van der Waals surface area (Å²) in [4.78, 5) is 17.6. The number of hydrogen-bond donors (Lipinski definition) is 3. The van der Waals surface area contributed by atoms with Crippen LogP contribution in [0.15, 0.2) is 53.0 Å². The first-order valence-electron chi connectivity index (χ1n) is 10.3. The van der Waals surface area contributed by atoms with Gasteiger partial charge >= 0.3 is 0 Å². The maximum absolute atomic E-state index is 6.11. The van der Waals surface area contributed by atoms with E-state index in [0.717, 1.165) is 52.1 Å². The van der Waals surface area contributed by atoms with Crippen molar-refractivity contribution in [2.75, 3.05) is 19.4 Å². The molecule has 0 fully saturated rings. The molecule has 9 heteroatoms. The molecule has 0 radical (unpaired) electrons. The average Bonchev–Trinajstić information content (AvgIpc) is 3.40. The van der Waals surface area contributed by atoms with Gasteiger partial charge in [0.2, 0.25) is 0 Å². The zero-order valence-electron chi connectivity index (χ0n) is 17.9. The molecule has 3 aromatic heterocycles. The molecule has 31 heavy (non-hydrogen) atoms. The molecule has 0 bridgehead atoms. The van der Waals surface area contributed by atoms with Gasteiger partial charge in [-0.3, -0.25) is 0 Å². The largest absolute Gasteiger partial charge is 0.497 e. The average molecular weight is 438 g/mol. The van der Waals surface area contributed by atoms with Gasteiger partial charge in [-0.1, -0.05) is 25.6 Å². The molecule has 3 heterocycles. The number of nitrogens with two attached hydrogens (primary N) is 1. The van der Waals surface area contributed by atoms with Crippen LogP contribution in [0.1, 0.15) is 20.3 Å². The SMILES string of the molecule is COc1ccc(-c2cc[nH]c2)c(Sc2nc3c(N)ncnc3n2CCCNC(C)C)c1. The van der Waals surface area contributed by atoms with Crippen LogP contribution in [0.4, 0.5) is 5.82 Å². The second kappa shape index (κ2) is 9.40. The van der Waals surface area contributed by atoms with E-state index in [1.807, 2.05) is 24.5 Å². The summed E-state index contributed by atoms with van der Waals surface area (Å²) in [5.41, 5.74) is 9.70. The van der Waals surface area contributed by atoms with Crippen LogP contribution in [0.5, 0.6) is 5.75 Å². The van der Waals surface area contributed by atoms with E-state index in [9.17, 15) is 0 Å². The van der Waals surface area contributed by atoms with Crippen molar-refractivity contribution in [1.29, 1.82) is 0 Å². The van der Waals surface area contributed by atoms with E-state index in [4.69, 9.17) is 15.5 Å². The molecule has 1 aromatic carbocycles. The van der Waals surface area contributed by atoms with Crippen LogP contribution in [0.3, 0.4) is 0 Å². The number of methoxy groups -OCH3 is 1. The van der Waals surface area contributed by atoms with Gasteiger partial charge in [0, 0.05) is 35.4 Å². The quantitative estimate of drug-likeness (QED) is 0.340. The number of hydrogen-bond acceptors (Lipinski definition) is 7. The number of benzene rings is 1. The van der Waals surface area contributed by atoms with E-state index >= 15 is 0 Å². The number of fused-ring (bicyclic) bond motifs is 1. The minimum absolute atomic E-state index is 0.391. The zero-order chi connectivity index (χ0) is 21.8. The number of aryl methyl sites for hydroxylation is 1. The summed E-state index contributed by atoms with van der Waals surface area (Å²) in [7, 11) is 1.67. The first-order valence-corrected chi connectivity index (χ1v) is 11.1. The Balaban J connectivity index is 1.73. The van der Waals surface area contributed by atoms with Gasteiger partial charge in [-0.05, 0) is 42.8 Å². The normalized spacial score (nSPS) is 11.5. The summed E-state index contributed by atoms with van der Waals surface area (Å²) in [5, 5.41) is 4.29. The highest BCUT2D eigenvalue weighted by Gasteiger charge is 2.18. The Hall–Kier alpha value is -3.04. The smallest absolute Gasteiger partial charge is 0.175 e. The molecule has 4 N–H and O–H groups in total. The molecule has 0 unspecified atom stereocenters. The highest BCUT2D eigenvalue weighted by atomic mass is 32.2. The lowest BCUT2D eigenvalue weighted by Gasteiger charge is -2.13. The number of ether oxygens (including phenoxy) is 1. The van der Waals surface area contributed by atoms with Crippen molar-refractivity contribution in [1.82, 2.24) is 29.8 Å². The summed E-state index contributed by atoms with van der Waals surface area (Å²) in [6, 6.07) is 8.57. The van der Waals surface area contributed by atoms with Crippen molar-refractivity contribution in [2.24, 2.45) is 0 Å². The monoisotopic (exact) mass is 437 g/mol. The third kappa shape index (κ3) is 4.67. The number of aromatic nitrogens is 5. The highest BCUT2D eigenvalue weighted by Crippen LogP contribution is 2.39. The van der Waals surface area contributed by atoms with Crippen LogP contribution in [0, 0.1) is 0 Å². The van der Waals surface area contributed by atoms with Crippen molar-refractivity contribution >= 4 is 28.7 Å². The van der Waals surface area contributed by atoms with E-state index in [2.05, 4.69) is 50.8 Å². The minimum Gasteiger partial charge on any atom is -0.497 e. The Morgan fingerprint density at radius 3 is 2.87 bits per heavy atom. The second-order valence-electron chi connectivity index (χ2n) is 7.50. The van der Waals surface area contributed by atoms with Crippen molar-refractivity contribution < 1.29 is 4.74 Å². The molecule has 0 aliphatic heterocycles. The molecule has 0 aliphatic rings. The first-order chi connectivity index (χ1) is 15.1. The van der Waals surface area contributed by atoms with Crippen LogP contribution in [-0.4, -0.2) is 44.2 Å². The van der Waals surface area contributed by atoms with Crippen LogP contribution < -0.4 is 15.8 Å². The maximum Gasteiger partial charge on any atom is 0.175 e. The van der Waals surface area contributed by atoms with Crippen molar-refractivity contribution in [3.63, 3.8) is 0 Å². The third-order valence-electron chi connectivity index (χ3n) is 4.94. The Bertz CT molecular complexity index is 1150. The van der Waals surface area contributed by atoms with Gasteiger partial charge in [0.05, 0.1) is 7.11 Å². The van der Waals surface area contributed by atoms with Crippen molar-refractivity contribution in [3.8, 4) is 16.9 Å². The molecule has 0 atom stereocenters. The number of nitrogens with one attached hydrogen (secondary N) is 2. The fourth-order valence-electron chi connectivity index (χ4n) is 3.38. The topological polar surface area (TPSA) is 107 Å². The molecule has 4 aromatic rings. The molecule has 0 spiro atoms. The summed E-state index contributed by atoms with van der Waals surface area (Å²) >= 11 is 1.58. The number of rotatable bonds is 9. The Morgan fingerprint density at radius 2 is 2.13 bits per heavy atom. The lowest BCUT2D eigenvalue weighted by molar-refractivity contribution is 0.414. The molecule has 0 aliphatic carbocycles.